The molecule has 20 heavy (non-hydrogen) atoms. The zero-order valence-electron chi connectivity index (χ0n) is 11.9. The van der Waals surface area contributed by atoms with Crippen LogP contribution in [-0.2, 0) is 9.53 Å². The average Bonchev–Trinajstić information content (AvgIpc) is 2.49. The summed E-state index contributed by atoms with van der Waals surface area (Å²) in [4.78, 5) is 11.8. The Kier molecular flexibility index (Phi) is 5.83. The van der Waals surface area contributed by atoms with Gasteiger partial charge in [0.2, 0.25) is 5.91 Å². The smallest absolute Gasteiger partial charge is 0.250 e. The highest BCUT2D eigenvalue weighted by Gasteiger charge is 2.20. The Morgan fingerprint density at radius 3 is 3.10 bits per heavy atom. The van der Waals surface area contributed by atoms with Crippen molar-refractivity contribution < 1.29 is 14.3 Å². The van der Waals surface area contributed by atoms with Crippen molar-refractivity contribution >= 4 is 5.91 Å². The van der Waals surface area contributed by atoms with Crippen molar-refractivity contribution in [2.45, 2.75) is 19.4 Å². The first-order valence-corrected chi connectivity index (χ1v) is 7.06. The van der Waals surface area contributed by atoms with Crippen LogP contribution >= 0.6 is 0 Å². The topological polar surface area (TPSA) is 59.6 Å². The van der Waals surface area contributed by atoms with Gasteiger partial charge in [0.1, 0.15) is 11.9 Å². The highest BCUT2D eigenvalue weighted by molar-refractivity contribution is 5.81. The molecule has 0 aromatic heterocycles. The quantitative estimate of drug-likeness (QED) is 0.758. The molecule has 2 rings (SSSR count). The van der Waals surface area contributed by atoms with E-state index in [9.17, 15) is 4.79 Å². The number of aryl methyl sites for hydroxylation is 1. The van der Waals surface area contributed by atoms with E-state index < -0.39 is 0 Å². The van der Waals surface area contributed by atoms with Crippen LogP contribution in [0, 0.1) is 6.92 Å². The fourth-order valence-corrected chi connectivity index (χ4v) is 2.03. The third-order valence-corrected chi connectivity index (χ3v) is 3.19. The van der Waals surface area contributed by atoms with Crippen molar-refractivity contribution in [2.75, 3.05) is 32.8 Å². The predicted molar refractivity (Wildman–Crippen MR) is 76.9 cm³/mol. The van der Waals surface area contributed by atoms with Gasteiger partial charge in [-0.1, -0.05) is 18.2 Å². The first kappa shape index (κ1) is 14.8. The second-order valence-corrected chi connectivity index (χ2v) is 4.82. The maximum Gasteiger partial charge on any atom is 0.250 e. The molecule has 1 saturated heterocycles. The third kappa shape index (κ3) is 4.51. The Morgan fingerprint density at radius 2 is 2.35 bits per heavy atom. The second kappa shape index (κ2) is 7.87. The molecule has 5 nitrogen and oxygen atoms in total. The molecule has 1 fully saturated rings. The van der Waals surface area contributed by atoms with Crippen molar-refractivity contribution in [3.8, 4) is 5.75 Å². The summed E-state index contributed by atoms with van der Waals surface area (Å²) in [5.74, 6) is 0.853. The summed E-state index contributed by atoms with van der Waals surface area (Å²) in [6.07, 6.45) is 0.418. The Labute approximate surface area is 119 Å². The molecule has 1 aliphatic heterocycles. The van der Waals surface area contributed by atoms with Gasteiger partial charge in [-0.25, -0.2) is 0 Å². The maximum atomic E-state index is 11.8. The maximum absolute atomic E-state index is 11.8. The number of carbonyl (C=O) groups is 1. The number of morpholine rings is 1. The van der Waals surface area contributed by atoms with E-state index in [-0.39, 0.29) is 12.0 Å². The van der Waals surface area contributed by atoms with Crippen LogP contribution in [-0.4, -0.2) is 44.9 Å². The summed E-state index contributed by atoms with van der Waals surface area (Å²) in [6, 6.07) is 7.91. The van der Waals surface area contributed by atoms with Crippen LogP contribution in [0.3, 0.4) is 0 Å². The molecule has 0 saturated carbocycles. The second-order valence-electron chi connectivity index (χ2n) is 4.82. The minimum Gasteiger partial charge on any atom is -0.493 e. The van der Waals surface area contributed by atoms with Crippen LogP contribution in [0.1, 0.15) is 12.0 Å². The molecule has 0 bridgehead atoms. The first-order chi connectivity index (χ1) is 9.77. The molecule has 0 spiro atoms. The van der Waals surface area contributed by atoms with Crippen molar-refractivity contribution in [3.63, 3.8) is 0 Å². The normalized spacial score (nSPS) is 18.6. The van der Waals surface area contributed by atoms with Crippen LogP contribution < -0.4 is 15.4 Å². The zero-order valence-corrected chi connectivity index (χ0v) is 11.9. The standard InChI is InChI=1S/C15H22N2O3/c1-12-5-2-3-6-13(12)19-9-4-7-17-15(18)14-11-16-8-10-20-14/h2-3,5-6,14,16H,4,7-11H2,1H3,(H,17,18). The van der Waals surface area contributed by atoms with Crippen LogP contribution in [0.25, 0.3) is 0 Å². The summed E-state index contributed by atoms with van der Waals surface area (Å²) in [5, 5.41) is 6.00. The lowest BCUT2D eigenvalue weighted by Gasteiger charge is -2.22. The monoisotopic (exact) mass is 278 g/mol. The first-order valence-electron chi connectivity index (χ1n) is 7.06. The molecule has 1 atom stereocenters. The van der Waals surface area contributed by atoms with Crippen LogP contribution in [0.2, 0.25) is 0 Å². The lowest BCUT2D eigenvalue weighted by molar-refractivity contribution is -0.134. The van der Waals surface area contributed by atoms with E-state index in [1.165, 1.54) is 0 Å². The summed E-state index contributed by atoms with van der Waals surface area (Å²) in [5.41, 5.74) is 1.12. The van der Waals surface area contributed by atoms with Gasteiger partial charge in [-0.05, 0) is 25.0 Å². The van der Waals surface area contributed by atoms with Crippen molar-refractivity contribution in [3.05, 3.63) is 29.8 Å². The Hall–Kier alpha value is -1.59. The third-order valence-electron chi connectivity index (χ3n) is 3.19. The lowest BCUT2D eigenvalue weighted by Crippen LogP contribution is -2.48. The van der Waals surface area contributed by atoms with Gasteiger partial charge in [0.15, 0.2) is 0 Å². The summed E-state index contributed by atoms with van der Waals surface area (Å²) in [6.45, 7) is 5.21. The van der Waals surface area contributed by atoms with E-state index in [2.05, 4.69) is 10.6 Å². The van der Waals surface area contributed by atoms with Gasteiger partial charge in [-0.15, -0.1) is 0 Å². The number of carbonyl (C=O) groups excluding carboxylic acids is 1. The lowest BCUT2D eigenvalue weighted by atomic mass is 10.2. The fraction of sp³-hybridized carbons (Fsp3) is 0.533. The van der Waals surface area contributed by atoms with E-state index in [0.29, 0.717) is 26.3 Å². The Bertz CT molecular complexity index is 431. The molecule has 1 aliphatic rings. The van der Waals surface area contributed by atoms with Crippen LogP contribution in [0.4, 0.5) is 0 Å². The number of ether oxygens (including phenoxy) is 2. The largest absolute Gasteiger partial charge is 0.493 e. The number of nitrogens with one attached hydrogen (secondary N) is 2. The summed E-state index contributed by atoms with van der Waals surface area (Å²) < 4.78 is 11.0. The highest BCUT2D eigenvalue weighted by Crippen LogP contribution is 2.15. The van der Waals surface area contributed by atoms with Gasteiger partial charge in [-0.2, -0.15) is 0 Å². The Balaban J connectivity index is 1.59. The van der Waals surface area contributed by atoms with E-state index in [1.54, 1.807) is 0 Å². The predicted octanol–water partition coefficient (Wildman–Crippen LogP) is 0.869. The van der Waals surface area contributed by atoms with E-state index in [0.717, 1.165) is 24.3 Å². The van der Waals surface area contributed by atoms with Crippen molar-refractivity contribution in [2.24, 2.45) is 0 Å². The minimum atomic E-state index is -0.360. The molecule has 0 radical (unpaired) electrons. The molecule has 1 aromatic rings. The van der Waals surface area contributed by atoms with Crippen molar-refractivity contribution in [1.82, 2.24) is 10.6 Å². The number of benzene rings is 1. The molecule has 2 N–H and O–H groups in total. The summed E-state index contributed by atoms with van der Waals surface area (Å²) >= 11 is 0. The molecular weight excluding hydrogens is 256 g/mol. The fourth-order valence-electron chi connectivity index (χ4n) is 2.03. The molecular formula is C15H22N2O3. The number of hydrogen-bond donors (Lipinski definition) is 2. The number of rotatable bonds is 6. The van der Waals surface area contributed by atoms with E-state index in [4.69, 9.17) is 9.47 Å². The average molecular weight is 278 g/mol. The highest BCUT2D eigenvalue weighted by atomic mass is 16.5. The molecule has 0 aliphatic carbocycles. The number of amides is 1. The van der Waals surface area contributed by atoms with Gasteiger partial charge in [0.05, 0.1) is 13.2 Å². The van der Waals surface area contributed by atoms with Gasteiger partial charge in [0, 0.05) is 19.6 Å². The molecule has 5 heteroatoms. The number of para-hydroxylation sites is 1. The van der Waals surface area contributed by atoms with E-state index in [1.807, 2.05) is 31.2 Å². The van der Waals surface area contributed by atoms with Gasteiger partial charge in [0.25, 0.3) is 0 Å². The molecule has 1 aromatic carbocycles. The van der Waals surface area contributed by atoms with Crippen LogP contribution in [0.5, 0.6) is 5.75 Å². The number of hydrogen-bond acceptors (Lipinski definition) is 4. The molecule has 1 heterocycles. The molecule has 1 unspecified atom stereocenters. The van der Waals surface area contributed by atoms with Gasteiger partial charge >= 0.3 is 0 Å². The Morgan fingerprint density at radius 1 is 1.50 bits per heavy atom. The van der Waals surface area contributed by atoms with E-state index >= 15 is 0 Å². The minimum absolute atomic E-state index is 0.0481. The van der Waals surface area contributed by atoms with Gasteiger partial charge < -0.3 is 20.1 Å². The SMILES string of the molecule is Cc1ccccc1OCCCNC(=O)C1CNCCO1. The zero-order chi connectivity index (χ0) is 14.2. The van der Waals surface area contributed by atoms with Crippen molar-refractivity contribution in [1.29, 1.82) is 0 Å². The van der Waals surface area contributed by atoms with Crippen LogP contribution in [0.15, 0.2) is 24.3 Å². The van der Waals surface area contributed by atoms with Gasteiger partial charge in [-0.3, -0.25) is 4.79 Å². The molecule has 110 valence electrons. The molecule has 1 amide bonds. The summed E-state index contributed by atoms with van der Waals surface area (Å²) in [7, 11) is 0.